The molecule has 2 aromatic rings. The monoisotopic (exact) mass is 374 g/mol. The topological polar surface area (TPSA) is 68.2 Å². The molecule has 2 aliphatic heterocycles. The Bertz CT molecular complexity index is 721. The molecule has 26 heavy (non-hydrogen) atoms. The predicted molar refractivity (Wildman–Crippen MR) is 97.7 cm³/mol. The maximum Gasteiger partial charge on any atom is 0.184 e. The molecule has 0 radical (unpaired) electrons. The van der Waals surface area contributed by atoms with Crippen molar-refractivity contribution in [2.24, 2.45) is 0 Å². The average Bonchev–Trinajstić information content (AvgIpc) is 2.68. The van der Waals surface area contributed by atoms with Gasteiger partial charge in [-0.15, -0.1) is 0 Å². The number of thioether (sulfide) groups is 1. The predicted octanol–water partition coefficient (Wildman–Crippen LogP) is 2.65. The molecule has 0 aliphatic carbocycles. The first kappa shape index (κ1) is 18.0. The van der Waals surface area contributed by atoms with Crippen LogP contribution in [0.5, 0.6) is 0 Å². The van der Waals surface area contributed by atoms with Gasteiger partial charge in [-0.25, -0.2) is 0 Å². The third kappa shape index (κ3) is 3.67. The van der Waals surface area contributed by atoms with E-state index in [9.17, 15) is 10.2 Å². The van der Waals surface area contributed by atoms with E-state index in [0.717, 1.165) is 10.5 Å². The largest absolute Gasteiger partial charge is 0.387 e. The lowest BCUT2D eigenvalue weighted by Gasteiger charge is -2.46. The van der Waals surface area contributed by atoms with Gasteiger partial charge in [-0.2, -0.15) is 0 Å². The Kier molecular flexibility index (Phi) is 5.31. The first-order valence-corrected chi connectivity index (χ1v) is 9.57. The van der Waals surface area contributed by atoms with E-state index in [1.165, 1.54) is 17.3 Å². The second kappa shape index (κ2) is 7.68. The molecule has 2 saturated heterocycles. The fourth-order valence-corrected chi connectivity index (χ4v) is 4.27. The van der Waals surface area contributed by atoms with E-state index in [1.54, 1.807) is 0 Å². The van der Waals surface area contributed by atoms with Gasteiger partial charge in [-0.05, 0) is 19.1 Å². The maximum absolute atomic E-state index is 10.6. The molecular weight excluding hydrogens is 352 g/mol. The van der Waals surface area contributed by atoms with Crippen LogP contribution in [0.3, 0.4) is 0 Å². The smallest absolute Gasteiger partial charge is 0.184 e. The van der Waals surface area contributed by atoms with Crippen LogP contribution >= 0.6 is 11.8 Å². The van der Waals surface area contributed by atoms with Gasteiger partial charge in [0.2, 0.25) is 0 Å². The summed E-state index contributed by atoms with van der Waals surface area (Å²) in [4.78, 5) is 0.977. The van der Waals surface area contributed by atoms with E-state index in [1.807, 2.05) is 61.5 Å². The summed E-state index contributed by atoms with van der Waals surface area (Å²) in [5, 5.41) is 21.1. The number of aliphatic hydroxyl groups excluding tert-OH is 2. The molecule has 6 heteroatoms. The molecule has 2 N–H and O–H groups in total. The molecule has 2 aromatic carbocycles. The van der Waals surface area contributed by atoms with Crippen molar-refractivity contribution >= 4 is 11.8 Å². The Labute approximate surface area is 156 Å². The molecule has 0 saturated carbocycles. The lowest BCUT2D eigenvalue weighted by Crippen LogP contribution is -2.60. The Morgan fingerprint density at radius 1 is 0.923 bits per heavy atom. The van der Waals surface area contributed by atoms with Crippen molar-refractivity contribution in [3.63, 3.8) is 0 Å². The lowest BCUT2D eigenvalue weighted by atomic mass is 9.99. The Balaban J connectivity index is 1.45. The molecular formula is C20H22O5S. The minimum atomic E-state index is -1.04. The van der Waals surface area contributed by atoms with Crippen LogP contribution < -0.4 is 0 Å². The van der Waals surface area contributed by atoms with Crippen LogP contribution in [0, 0.1) is 6.92 Å². The minimum absolute atomic E-state index is 0.305. The van der Waals surface area contributed by atoms with Crippen LogP contribution in [-0.2, 0) is 14.2 Å². The van der Waals surface area contributed by atoms with Crippen molar-refractivity contribution in [2.45, 2.75) is 48.0 Å². The summed E-state index contributed by atoms with van der Waals surface area (Å²) in [5.41, 5.74) is 1.47. The summed E-state index contributed by atoms with van der Waals surface area (Å²) in [6.45, 7) is 2.33. The third-order valence-corrected chi connectivity index (χ3v) is 5.84. The van der Waals surface area contributed by atoms with Crippen molar-refractivity contribution in [3.8, 4) is 0 Å². The zero-order valence-electron chi connectivity index (χ0n) is 14.4. The van der Waals surface area contributed by atoms with Crippen molar-refractivity contribution in [3.05, 3.63) is 65.7 Å². The SMILES string of the molecule is Cc1ccc(S[C@H]2O[C@@H]3CO[C@@H](c4ccccc4)O[C@H]3[C@H](O)[C@@H]2O)cc1. The maximum atomic E-state index is 10.6. The van der Waals surface area contributed by atoms with E-state index in [2.05, 4.69) is 0 Å². The third-order valence-electron chi connectivity index (χ3n) is 4.68. The van der Waals surface area contributed by atoms with Gasteiger partial charge >= 0.3 is 0 Å². The van der Waals surface area contributed by atoms with Gasteiger partial charge in [-0.1, -0.05) is 59.8 Å². The van der Waals surface area contributed by atoms with Crippen LogP contribution in [0.1, 0.15) is 17.4 Å². The zero-order chi connectivity index (χ0) is 18.1. The first-order chi connectivity index (χ1) is 12.6. The van der Waals surface area contributed by atoms with Crippen molar-refractivity contribution in [1.82, 2.24) is 0 Å². The van der Waals surface area contributed by atoms with E-state index in [4.69, 9.17) is 14.2 Å². The molecule has 0 spiro atoms. The number of benzene rings is 2. The van der Waals surface area contributed by atoms with E-state index >= 15 is 0 Å². The van der Waals surface area contributed by atoms with Gasteiger partial charge in [0, 0.05) is 10.5 Å². The number of ether oxygens (including phenoxy) is 3. The van der Waals surface area contributed by atoms with E-state index in [0.29, 0.717) is 6.61 Å². The van der Waals surface area contributed by atoms with Crippen LogP contribution in [0.2, 0.25) is 0 Å². The molecule has 0 unspecified atom stereocenters. The van der Waals surface area contributed by atoms with Gasteiger partial charge < -0.3 is 24.4 Å². The second-order valence-corrected chi connectivity index (χ2v) is 7.80. The summed E-state index contributed by atoms with van der Waals surface area (Å²) >= 11 is 1.39. The highest BCUT2D eigenvalue weighted by atomic mass is 32.2. The van der Waals surface area contributed by atoms with Crippen LogP contribution in [0.4, 0.5) is 0 Å². The molecule has 5 nitrogen and oxygen atoms in total. The van der Waals surface area contributed by atoms with Crippen molar-refractivity contribution in [2.75, 3.05) is 6.61 Å². The van der Waals surface area contributed by atoms with Gasteiger partial charge in [-0.3, -0.25) is 0 Å². The molecule has 2 aliphatic rings. The zero-order valence-corrected chi connectivity index (χ0v) is 15.2. The Morgan fingerprint density at radius 2 is 1.65 bits per heavy atom. The fraction of sp³-hybridized carbons (Fsp3) is 0.400. The van der Waals surface area contributed by atoms with Gasteiger partial charge in [0.15, 0.2) is 6.29 Å². The summed E-state index contributed by atoms with van der Waals surface area (Å²) < 4.78 is 17.7. The molecule has 4 rings (SSSR count). The fourth-order valence-electron chi connectivity index (χ4n) is 3.21. The number of aryl methyl sites for hydroxylation is 1. The molecule has 2 fully saturated rings. The summed E-state index contributed by atoms with van der Waals surface area (Å²) in [7, 11) is 0. The van der Waals surface area contributed by atoms with Gasteiger partial charge in [0.1, 0.15) is 29.9 Å². The van der Waals surface area contributed by atoms with E-state index < -0.39 is 36.1 Å². The number of rotatable bonds is 3. The number of hydrogen-bond acceptors (Lipinski definition) is 6. The summed E-state index contributed by atoms with van der Waals surface area (Å²) in [6, 6.07) is 17.5. The molecule has 138 valence electrons. The van der Waals surface area contributed by atoms with Crippen molar-refractivity contribution < 1.29 is 24.4 Å². The number of aliphatic hydroxyl groups is 2. The normalized spacial score (nSPS) is 34.3. The van der Waals surface area contributed by atoms with Gasteiger partial charge in [0.05, 0.1) is 6.61 Å². The van der Waals surface area contributed by atoms with Crippen LogP contribution in [-0.4, -0.2) is 46.7 Å². The standard InChI is InChI=1S/C20H22O5S/c1-12-7-9-14(10-8-12)26-20-17(22)16(21)18-15(24-20)11-23-19(25-18)13-5-3-2-4-6-13/h2-10,15-22H,11H2,1H3/t15-,16-,17+,18-,19-,20-/m1/s1. The molecule has 0 bridgehead atoms. The van der Waals surface area contributed by atoms with Crippen LogP contribution in [0.15, 0.2) is 59.5 Å². The first-order valence-electron chi connectivity index (χ1n) is 8.69. The highest BCUT2D eigenvalue weighted by molar-refractivity contribution is 7.99. The molecule has 0 aromatic heterocycles. The average molecular weight is 374 g/mol. The molecule has 2 heterocycles. The van der Waals surface area contributed by atoms with Crippen molar-refractivity contribution in [1.29, 1.82) is 0 Å². The number of hydrogen-bond donors (Lipinski definition) is 2. The Hall–Kier alpha value is -1.41. The summed E-state index contributed by atoms with van der Waals surface area (Å²) in [6.07, 6.45) is -3.69. The highest BCUT2D eigenvalue weighted by Crippen LogP contribution is 2.38. The Morgan fingerprint density at radius 3 is 2.38 bits per heavy atom. The van der Waals surface area contributed by atoms with Crippen LogP contribution in [0.25, 0.3) is 0 Å². The molecule has 0 amide bonds. The van der Waals surface area contributed by atoms with Gasteiger partial charge in [0.25, 0.3) is 0 Å². The summed E-state index contributed by atoms with van der Waals surface area (Å²) in [5.74, 6) is 0. The number of fused-ring (bicyclic) bond motifs is 1. The lowest BCUT2D eigenvalue weighted by molar-refractivity contribution is -0.318. The minimum Gasteiger partial charge on any atom is -0.387 e. The molecule has 6 atom stereocenters. The second-order valence-electron chi connectivity index (χ2n) is 6.63. The van der Waals surface area contributed by atoms with E-state index in [-0.39, 0.29) is 0 Å². The highest BCUT2D eigenvalue weighted by Gasteiger charge is 2.49. The quantitative estimate of drug-likeness (QED) is 0.861.